The van der Waals surface area contributed by atoms with Crippen LogP contribution >= 0.6 is 0 Å². The Labute approximate surface area is 130 Å². The van der Waals surface area contributed by atoms with Gasteiger partial charge in [-0.2, -0.15) is 0 Å². The minimum Gasteiger partial charge on any atom is -0.398 e. The number of anilines is 1. The van der Waals surface area contributed by atoms with Crippen molar-refractivity contribution in [3.8, 4) is 0 Å². The van der Waals surface area contributed by atoms with Crippen LogP contribution in [0, 0.1) is 20.8 Å². The van der Waals surface area contributed by atoms with Crippen molar-refractivity contribution in [2.75, 3.05) is 5.73 Å². The highest BCUT2D eigenvalue weighted by molar-refractivity contribution is 6.16. The molecule has 3 N–H and O–H groups in total. The van der Waals surface area contributed by atoms with Gasteiger partial charge in [0, 0.05) is 33.8 Å². The molecule has 4 nitrogen and oxygen atoms in total. The number of hydrogen-bond acceptors (Lipinski definition) is 3. The molecule has 0 atom stereocenters. The lowest BCUT2D eigenvalue weighted by molar-refractivity contribution is -0.103. The summed E-state index contributed by atoms with van der Waals surface area (Å²) < 4.78 is 0. The summed E-state index contributed by atoms with van der Waals surface area (Å²) in [4.78, 5) is 26.4. The fourth-order valence-corrected chi connectivity index (χ4v) is 2.85. The molecule has 2 rings (SSSR count). The third-order valence-electron chi connectivity index (χ3n) is 3.85. The molecule has 1 aromatic heterocycles. The number of carbonyl (C=O) groups is 2. The maximum absolute atomic E-state index is 11.7. The third-order valence-corrected chi connectivity index (χ3v) is 3.85. The van der Waals surface area contributed by atoms with Gasteiger partial charge in [-0.15, -0.1) is 0 Å². The Bertz CT molecular complexity index is 762. The zero-order valence-corrected chi connectivity index (χ0v) is 13.3. The monoisotopic (exact) mass is 296 g/mol. The number of hydrogen-bond donors (Lipinski definition) is 2. The fourth-order valence-electron chi connectivity index (χ4n) is 2.85. The Kier molecular flexibility index (Phi) is 4.31. The van der Waals surface area contributed by atoms with E-state index in [4.69, 9.17) is 5.73 Å². The molecule has 0 unspecified atom stereocenters. The molecular weight excluding hydrogens is 276 g/mol. The number of aromatic amines is 1. The average Bonchev–Trinajstić information content (AvgIpc) is 2.71. The molecule has 0 radical (unpaired) electrons. The second-order valence-electron chi connectivity index (χ2n) is 5.48. The van der Waals surface area contributed by atoms with Crippen LogP contribution in [0.15, 0.2) is 18.2 Å². The number of ketones is 1. The maximum Gasteiger partial charge on any atom is 0.161 e. The number of rotatable bonds is 4. The van der Waals surface area contributed by atoms with Gasteiger partial charge in [-0.1, -0.05) is 12.1 Å². The van der Waals surface area contributed by atoms with E-state index in [0.717, 1.165) is 34.4 Å². The van der Waals surface area contributed by atoms with Crippen LogP contribution in [0.3, 0.4) is 0 Å². The fraction of sp³-hybridized carbons (Fsp3) is 0.222. The Hall–Kier alpha value is -2.62. The van der Waals surface area contributed by atoms with Crippen LogP contribution in [0.25, 0.3) is 11.6 Å². The highest BCUT2D eigenvalue weighted by Gasteiger charge is 2.15. The number of allylic oxidation sites excluding steroid dienone is 1. The van der Waals surface area contributed by atoms with Gasteiger partial charge in [0.15, 0.2) is 12.1 Å². The molecule has 1 aromatic carbocycles. The van der Waals surface area contributed by atoms with E-state index in [2.05, 4.69) is 4.98 Å². The Balaban J connectivity index is 2.63. The van der Waals surface area contributed by atoms with E-state index in [1.807, 2.05) is 32.9 Å². The second kappa shape index (κ2) is 6.02. The smallest absolute Gasteiger partial charge is 0.161 e. The first-order chi connectivity index (χ1) is 10.4. The van der Waals surface area contributed by atoms with Crippen molar-refractivity contribution in [2.45, 2.75) is 27.7 Å². The number of aldehydes is 1. The molecular formula is C18H20N2O2. The first kappa shape index (κ1) is 15.8. The molecule has 0 bridgehead atoms. The minimum absolute atomic E-state index is 0.00830. The highest BCUT2D eigenvalue weighted by atomic mass is 16.1. The van der Waals surface area contributed by atoms with E-state index in [1.54, 1.807) is 12.1 Å². The zero-order valence-electron chi connectivity index (χ0n) is 13.3. The lowest BCUT2D eigenvalue weighted by Crippen LogP contribution is -1.98. The van der Waals surface area contributed by atoms with Crippen LogP contribution in [0.4, 0.5) is 5.69 Å². The van der Waals surface area contributed by atoms with Crippen LogP contribution in [0.2, 0.25) is 0 Å². The number of Topliss-reactive ketones (excluding diaryl/α,β-unsaturated/α-hetero) is 1. The molecule has 0 spiro atoms. The molecule has 0 aliphatic heterocycles. The first-order valence-corrected chi connectivity index (χ1v) is 7.09. The van der Waals surface area contributed by atoms with Crippen molar-refractivity contribution in [2.24, 2.45) is 0 Å². The molecule has 0 saturated carbocycles. The summed E-state index contributed by atoms with van der Waals surface area (Å²) in [5, 5.41) is 0. The number of nitrogens with two attached hydrogens (primary N) is 1. The molecule has 0 fully saturated rings. The Morgan fingerprint density at radius 3 is 2.36 bits per heavy atom. The van der Waals surface area contributed by atoms with Crippen LogP contribution in [0.5, 0.6) is 0 Å². The van der Waals surface area contributed by atoms with E-state index < -0.39 is 0 Å². The number of nitrogen functional groups attached to an aromatic ring is 1. The standard InChI is InChI=1S/C18H20N2O2/c1-10-6-5-7-15(19)17(10)14(9-21)8-16-11(2)18(13(4)22)12(3)20-16/h5-9,20H,19H2,1-4H3/b14-8+. The number of benzene rings is 1. The van der Waals surface area contributed by atoms with Gasteiger partial charge in [0.1, 0.15) is 0 Å². The lowest BCUT2D eigenvalue weighted by atomic mass is 9.97. The van der Waals surface area contributed by atoms with Gasteiger partial charge >= 0.3 is 0 Å². The first-order valence-electron chi connectivity index (χ1n) is 7.09. The minimum atomic E-state index is 0.00830. The van der Waals surface area contributed by atoms with Gasteiger partial charge in [-0.3, -0.25) is 9.59 Å². The van der Waals surface area contributed by atoms with Crippen molar-refractivity contribution in [3.05, 3.63) is 51.8 Å². The number of carbonyl (C=O) groups excluding carboxylic acids is 2. The predicted molar refractivity (Wildman–Crippen MR) is 89.8 cm³/mol. The number of aryl methyl sites for hydroxylation is 2. The maximum atomic E-state index is 11.7. The van der Waals surface area contributed by atoms with E-state index in [0.29, 0.717) is 16.8 Å². The van der Waals surface area contributed by atoms with Crippen LogP contribution in [0.1, 0.15) is 45.4 Å². The molecule has 114 valence electrons. The van der Waals surface area contributed by atoms with E-state index in [9.17, 15) is 9.59 Å². The molecule has 2 aromatic rings. The van der Waals surface area contributed by atoms with E-state index in [-0.39, 0.29) is 5.78 Å². The van der Waals surface area contributed by atoms with E-state index in [1.165, 1.54) is 6.92 Å². The molecule has 0 aliphatic rings. The molecule has 0 saturated heterocycles. The summed E-state index contributed by atoms with van der Waals surface area (Å²) >= 11 is 0. The van der Waals surface area contributed by atoms with Crippen molar-refractivity contribution in [1.82, 2.24) is 4.98 Å². The zero-order chi connectivity index (χ0) is 16.4. The van der Waals surface area contributed by atoms with Crippen molar-refractivity contribution < 1.29 is 9.59 Å². The summed E-state index contributed by atoms with van der Waals surface area (Å²) in [7, 11) is 0. The van der Waals surface area contributed by atoms with Crippen LogP contribution < -0.4 is 5.73 Å². The normalized spacial score (nSPS) is 11.5. The molecule has 0 aliphatic carbocycles. The third kappa shape index (κ3) is 2.72. The van der Waals surface area contributed by atoms with Gasteiger partial charge in [-0.25, -0.2) is 0 Å². The van der Waals surface area contributed by atoms with Gasteiger partial charge in [0.25, 0.3) is 0 Å². The summed E-state index contributed by atoms with van der Waals surface area (Å²) in [5.74, 6) is 0.00830. The number of aromatic nitrogens is 1. The predicted octanol–water partition coefficient (Wildman–Crippen LogP) is 3.46. The summed E-state index contributed by atoms with van der Waals surface area (Å²) in [6.07, 6.45) is 2.54. The quantitative estimate of drug-likeness (QED) is 0.392. The van der Waals surface area contributed by atoms with Crippen molar-refractivity contribution in [3.63, 3.8) is 0 Å². The van der Waals surface area contributed by atoms with Crippen LogP contribution in [-0.2, 0) is 4.79 Å². The summed E-state index contributed by atoms with van der Waals surface area (Å²) in [5.41, 5.74) is 11.8. The number of H-pyrrole nitrogens is 1. The lowest BCUT2D eigenvalue weighted by Gasteiger charge is -2.09. The average molecular weight is 296 g/mol. The molecule has 1 heterocycles. The largest absolute Gasteiger partial charge is 0.398 e. The topological polar surface area (TPSA) is 76.0 Å². The molecule has 22 heavy (non-hydrogen) atoms. The molecule has 4 heteroatoms. The summed E-state index contributed by atoms with van der Waals surface area (Å²) in [6.45, 7) is 7.17. The number of nitrogens with one attached hydrogen (secondary N) is 1. The van der Waals surface area contributed by atoms with Gasteiger partial charge in [0.05, 0.1) is 0 Å². The molecule has 0 amide bonds. The van der Waals surface area contributed by atoms with Crippen LogP contribution in [-0.4, -0.2) is 17.1 Å². The second-order valence-corrected chi connectivity index (χ2v) is 5.48. The highest BCUT2D eigenvalue weighted by Crippen LogP contribution is 2.28. The Morgan fingerprint density at radius 2 is 1.86 bits per heavy atom. The Morgan fingerprint density at radius 1 is 1.18 bits per heavy atom. The SMILES string of the molecule is CC(=O)c1c(C)[nH]c(/C=C(\C=O)c2c(C)cccc2N)c1C. The van der Waals surface area contributed by atoms with Crippen molar-refractivity contribution >= 4 is 29.4 Å². The van der Waals surface area contributed by atoms with E-state index >= 15 is 0 Å². The van der Waals surface area contributed by atoms with Gasteiger partial charge in [0.2, 0.25) is 0 Å². The van der Waals surface area contributed by atoms with Gasteiger partial charge < -0.3 is 10.7 Å². The summed E-state index contributed by atoms with van der Waals surface area (Å²) in [6, 6.07) is 5.54. The van der Waals surface area contributed by atoms with Crippen molar-refractivity contribution in [1.29, 1.82) is 0 Å². The van der Waals surface area contributed by atoms with Gasteiger partial charge in [-0.05, 0) is 51.0 Å².